The highest BCUT2D eigenvalue weighted by molar-refractivity contribution is 5.94. The molecule has 0 aliphatic carbocycles. The molecule has 1 fully saturated rings. The van der Waals surface area contributed by atoms with Crippen LogP contribution in [0.15, 0.2) is 54.7 Å². The predicted octanol–water partition coefficient (Wildman–Crippen LogP) is 2.33. The van der Waals surface area contributed by atoms with Crippen molar-refractivity contribution in [2.75, 3.05) is 20.8 Å². The Kier molecular flexibility index (Phi) is 10.4. The molecule has 0 bridgehead atoms. The van der Waals surface area contributed by atoms with E-state index in [1.807, 2.05) is 43.3 Å². The Labute approximate surface area is 267 Å². The van der Waals surface area contributed by atoms with Gasteiger partial charge in [-0.15, -0.1) is 0 Å². The first-order valence-electron chi connectivity index (χ1n) is 14.9. The van der Waals surface area contributed by atoms with Crippen molar-refractivity contribution >= 4 is 40.7 Å². The number of benzene rings is 2. The minimum atomic E-state index is -1.75. The van der Waals surface area contributed by atoms with Gasteiger partial charge < -0.3 is 35.1 Å². The number of ether oxygens (including phenoxy) is 3. The monoisotopic (exact) mass is 635 g/mol. The molecule has 0 radical (unpaired) electrons. The van der Waals surface area contributed by atoms with E-state index < -0.39 is 65.7 Å². The van der Waals surface area contributed by atoms with E-state index in [4.69, 9.17) is 14.2 Å². The fourth-order valence-electron chi connectivity index (χ4n) is 5.60. The second kappa shape index (κ2) is 14.0. The lowest BCUT2D eigenvalue weighted by Crippen LogP contribution is -2.59. The molecule has 5 N–H and O–H groups in total. The normalized spacial score (nSPS) is 20.0. The summed E-state index contributed by atoms with van der Waals surface area (Å²) < 4.78 is 15.4. The van der Waals surface area contributed by atoms with Crippen LogP contribution in [0, 0.1) is 6.92 Å². The zero-order valence-electron chi connectivity index (χ0n) is 26.8. The van der Waals surface area contributed by atoms with E-state index in [0.717, 1.165) is 22.0 Å². The fraction of sp³-hybridized carbons (Fsp3) is 0.424. The Bertz CT molecular complexity index is 1600. The van der Waals surface area contributed by atoms with Gasteiger partial charge in [0, 0.05) is 29.9 Å². The topological polar surface area (TPSA) is 177 Å². The number of aromatic amines is 1. The first-order valence-corrected chi connectivity index (χ1v) is 14.9. The predicted molar refractivity (Wildman–Crippen MR) is 169 cm³/mol. The number of hydrogen-bond acceptors (Lipinski definition) is 9. The third-order valence-corrected chi connectivity index (χ3v) is 7.72. The summed E-state index contributed by atoms with van der Waals surface area (Å²) >= 11 is 0. The molecule has 4 rings (SSSR count). The largest absolute Gasteiger partial charge is 0.467 e. The second-order valence-corrected chi connectivity index (χ2v) is 12.3. The minimum Gasteiger partial charge on any atom is -0.467 e. The molecule has 0 unspecified atom stereocenters. The molecular formula is C33H41N5O8. The maximum atomic E-state index is 13.8. The maximum Gasteiger partial charge on any atom is 0.408 e. The highest BCUT2D eigenvalue weighted by atomic mass is 16.6. The fourth-order valence-corrected chi connectivity index (χ4v) is 5.60. The molecule has 1 saturated heterocycles. The van der Waals surface area contributed by atoms with Gasteiger partial charge in [0.2, 0.25) is 11.8 Å². The molecule has 1 aromatic heterocycles. The number of hydrogen-bond donors (Lipinski definition) is 5. The zero-order chi connectivity index (χ0) is 33.6. The lowest BCUT2D eigenvalue weighted by atomic mass is 9.84. The van der Waals surface area contributed by atoms with E-state index in [1.165, 1.54) is 14.2 Å². The molecule has 246 valence electrons. The summed E-state index contributed by atoms with van der Waals surface area (Å²) in [4.78, 5) is 68.7. The van der Waals surface area contributed by atoms with Crippen LogP contribution in [0.25, 0.3) is 10.9 Å². The van der Waals surface area contributed by atoms with Gasteiger partial charge in [0.05, 0.1) is 26.3 Å². The van der Waals surface area contributed by atoms with Crippen molar-refractivity contribution in [3.8, 4) is 0 Å². The smallest absolute Gasteiger partial charge is 0.408 e. The Morgan fingerprint density at radius 1 is 1.00 bits per heavy atom. The standard InChI is InChI=1S/C33H41N5O8/c1-19-11-13-20(14-12-19)27-33(30(42)45-6,38-26(39)18-35-31(43)46-32(2,3)4)16-25(36-27)28(40)37-24(29(41)44-5)15-21-17-34-23-10-8-7-9-22(21)23/h7-14,17,24-25,27,34,36H,15-16,18H2,1-6H3,(H,35,43)(H,37,40)(H,38,39)/t24-,25+,27+,33-/m0/s1. The first-order chi connectivity index (χ1) is 21.8. The summed E-state index contributed by atoms with van der Waals surface area (Å²) in [5.41, 5.74) is 0.716. The maximum absolute atomic E-state index is 13.8. The number of H-pyrrole nitrogens is 1. The van der Waals surface area contributed by atoms with Gasteiger partial charge in [0.25, 0.3) is 0 Å². The SMILES string of the molecule is COC(=O)[C@H](Cc1c[nH]c2ccccc12)NC(=O)[C@H]1C[C@@](NC(=O)CNC(=O)OC(C)(C)C)(C(=O)OC)[C@@H](c2ccc(C)cc2)N1. The van der Waals surface area contributed by atoms with Crippen LogP contribution < -0.4 is 21.3 Å². The van der Waals surface area contributed by atoms with Crippen LogP contribution in [0.1, 0.15) is 49.9 Å². The molecule has 13 nitrogen and oxygen atoms in total. The van der Waals surface area contributed by atoms with E-state index in [2.05, 4.69) is 26.3 Å². The molecule has 1 aliphatic rings. The molecule has 0 saturated carbocycles. The Morgan fingerprint density at radius 3 is 2.35 bits per heavy atom. The van der Waals surface area contributed by atoms with Crippen molar-refractivity contribution in [1.82, 2.24) is 26.3 Å². The van der Waals surface area contributed by atoms with Gasteiger partial charge in [0.1, 0.15) is 18.2 Å². The van der Waals surface area contributed by atoms with Crippen molar-refractivity contribution < 1.29 is 38.2 Å². The number of para-hydroxylation sites is 1. The highest BCUT2D eigenvalue weighted by Gasteiger charge is 2.57. The van der Waals surface area contributed by atoms with E-state index >= 15 is 0 Å². The van der Waals surface area contributed by atoms with Crippen molar-refractivity contribution in [3.05, 3.63) is 71.4 Å². The summed E-state index contributed by atoms with van der Waals surface area (Å²) in [6.45, 7) is 6.46. The van der Waals surface area contributed by atoms with Crippen molar-refractivity contribution in [2.45, 2.75) is 69.8 Å². The highest BCUT2D eigenvalue weighted by Crippen LogP contribution is 2.38. The molecule has 2 heterocycles. The number of rotatable bonds is 10. The van der Waals surface area contributed by atoms with Crippen molar-refractivity contribution in [2.24, 2.45) is 0 Å². The minimum absolute atomic E-state index is 0.145. The summed E-state index contributed by atoms with van der Waals surface area (Å²) in [6, 6.07) is 11.8. The summed E-state index contributed by atoms with van der Waals surface area (Å²) in [7, 11) is 2.42. The number of aryl methyl sites for hydroxylation is 1. The van der Waals surface area contributed by atoms with Gasteiger partial charge in [-0.3, -0.25) is 14.9 Å². The second-order valence-electron chi connectivity index (χ2n) is 12.3. The number of carbonyl (C=O) groups is 5. The van der Waals surface area contributed by atoms with Gasteiger partial charge in [-0.1, -0.05) is 48.0 Å². The van der Waals surface area contributed by atoms with E-state index in [9.17, 15) is 24.0 Å². The van der Waals surface area contributed by atoms with Crippen LogP contribution in [0.2, 0.25) is 0 Å². The van der Waals surface area contributed by atoms with Crippen molar-refractivity contribution in [3.63, 3.8) is 0 Å². The number of methoxy groups -OCH3 is 2. The quantitative estimate of drug-likeness (QED) is 0.165. The third kappa shape index (κ3) is 7.83. The third-order valence-electron chi connectivity index (χ3n) is 7.72. The van der Waals surface area contributed by atoms with Crippen LogP contribution >= 0.6 is 0 Å². The number of amides is 3. The van der Waals surface area contributed by atoms with E-state index in [1.54, 1.807) is 39.1 Å². The molecule has 46 heavy (non-hydrogen) atoms. The average Bonchev–Trinajstić information content (AvgIpc) is 3.61. The van der Waals surface area contributed by atoms with E-state index in [0.29, 0.717) is 5.56 Å². The molecule has 2 aromatic carbocycles. The lowest BCUT2D eigenvalue weighted by Gasteiger charge is -2.33. The zero-order valence-corrected chi connectivity index (χ0v) is 26.8. The number of alkyl carbamates (subject to hydrolysis) is 1. The Balaban J connectivity index is 1.60. The number of esters is 2. The van der Waals surface area contributed by atoms with Crippen LogP contribution in [-0.4, -0.2) is 78.8 Å². The Hall–Kier alpha value is -4.91. The molecular weight excluding hydrogens is 594 g/mol. The van der Waals surface area contributed by atoms with Crippen LogP contribution in [0.5, 0.6) is 0 Å². The molecule has 3 aromatic rings. The molecule has 3 amide bonds. The van der Waals surface area contributed by atoms with Gasteiger partial charge in [-0.05, 0) is 44.9 Å². The van der Waals surface area contributed by atoms with Gasteiger partial charge in [-0.25, -0.2) is 14.4 Å². The number of nitrogens with one attached hydrogen (secondary N) is 5. The molecule has 4 atom stereocenters. The van der Waals surface area contributed by atoms with E-state index in [-0.39, 0.29) is 12.8 Å². The van der Waals surface area contributed by atoms with Crippen molar-refractivity contribution in [1.29, 1.82) is 0 Å². The first kappa shape index (κ1) is 34.0. The molecule has 0 spiro atoms. The van der Waals surface area contributed by atoms with Gasteiger partial charge >= 0.3 is 18.0 Å². The van der Waals surface area contributed by atoms with Crippen LogP contribution in [0.4, 0.5) is 4.79 Å². The van der Waals surface area contributed by atoms with Gasteiger partial charge in [-0.2, -0.15) is 0 Å². The summed E-state index contributed by atoms with van der Waals surface area (Å²) in [6.07, 6.45) is 0.891. The van der Waals surface area contributed by atoms with Crippen LogP contribution in [-0.2, 0) is 39.8 Å². The number of carbonyl (C=O) groups excluding carboxylic acids is 5. The molecule has 1 aliphatic heterocycles. The average molecular weight is 636 g/mol. The Morgan fingerprint density at radius 2 is 1.70 bits per heavy atom. The number of aromatic nitrogens is 1. The lowest BCUT2D eigenvalue weighted by molar-refractivity contribution is -0.151. The molecule has 13 heteroatoms. The van der Waals surface area contributed by atoms with Crippen LogP contribution in [0.3, 0.4) is 0 Å². The summed E-state index contributed by atoms with van der Waals surface area (Å²) in [5.74, 6) is -2.73. The van der Waals surface area contributed by atoms with Gasteiger partial charge in [0.15, 0.2) is 5.54 Å². The number of fused-ring (bicyclic) bond motifs is 1. The summed E-state index contributed by atoms with van der Waals surface area (Å²) in [5, 5.41) is 12.0.